The summed E-state index contributed by atoms with van der Waals surface area (Å²) in [7, 11) is 0. The zero-order chi connectivity index (χ0) is 35.0. The number of nitrogens with zero attached hydrogens (tertiary/aromatic N) is 2. The SMILES string of the molecule is CC(=NOCCOc1ccc(CC2SC(=O)N(C(c3ccccc3)(c3ccccc3)c3ccccc3)C2=O)cc1)c1cc(-c2ccccc2)cs1. The molecule has 0 spiro atoms. The maximum Gasteiger partial charge on any atom is 0.290 e. The fraction of sp³-hybridized carbons (Fsp3) is 0.140. The van der Waals surface area contributed by atoms with E-state index < -0.39 is 10.8 Å². The molecule has 1 aliphatic heterocycles. The Hall–Kier alpha value is -5.44. The van der Waals surface area contributed by atoms with Gasteiger partial charge in [-0.15, -0.1) is 11.3 Å². The molecule has 7 rings (SSSR count). The van der Waals surface area contributed by atoms with E-state index in [4.69, 9.17) is 9.57 Å². The molecule has 0 saturated carbocycles. The van der Waals surface area contributed by atoms with Gasteiger partial charge in [0.1, 0.15) is 17.9 Å². The number of hydrogen-bond donors (Lipinski definition) is 0. The lowest BCUT2D eigenvalue weighted by atomic mass is 9.75. The van der Waals surface area contributed by atoms with Crippen LogP contribution in [0.2, 0.25) is 0 Å². The first-order valence-corrected chi connectivity index (χ1v) is 18.5. The molecule has 254 valence electrons. The van der Waals surface area contributed by atoms with E-state index in [2.05, 4.69) is 28.7 Å². The smallest absolute Gasteiger partial charge is 0.290 e. The van der Waals surface area contributed by atoms with E-state index in [1.165, 1.54) is 10.5 Å². The van der Waals surface area contributed by atoms with Gasteiger partial charge in [0.2, 0.25) is 5.91 Å². The number of thioether (sulfide) groups is 1. The number of amides is 2. The number of benzene rings is 5. The first kappa shape index (κ1) is 34.0. The highest BCUT2D eigenvalue weighted by Gasteiger charge is 2.53. The van der Waals surface area contributed by atoms with Crippen molar-refractivity contribution >= 4 is 40.0 Å². The molecule has 0 bridgehead atoms. The quantitative estimate of drug-likeness (QED) is 0.0517. The van der Waals surface area contributed by atoms with E-state index in [1.807, 2.05) is 140 Å². The molecular formula is C43H36N2O4S2. The molecule has 0 N–H and O–H groups in total. The third-order valence-electron chi connectivity index (χ3n) is 8.88. The Morgan fingerprint density at radius 3 is 1.82 bits per heavy atom. The molecule has 1 aliphatic rings. The predicted molar refractivity (Wildman–Crippen MR) is 206 cm³/mol. The highest BCUT2D eigenvalue weighted by atomic mass is 32.2. The van der Waals surface area contributed by atoms with Gasteiger partial charge in [-0.2, -0.15) is 0 Å². The van der Waals surface area contributed by atoms with Crippen molar-refractivity contribution in [3.8, 4) is 16.9 Å². The minimum atomic E-state index is -1.13. The molecule has 0 aliphatic carbocycles. The lowest BCUT2D eigenvalue weighted by Crippen LogP contribution is -2.51. The Bertz CT molecular complexity index is 2010. The van der Waals surface area contributed by atoms with Gasteiger partial charge in [-0.3, -0.25) is 14.5 Å². The molecule has 1 saturated heterocycles. The van der Waals surface area contributed by atoms with Gasteiger partial charge in [0.25, 0.3) is 5.24 Å². The Morgan fingerprint density at radius 2 is 1.25 bits per heavy atom. The normalized spacial score (nSPS) is 14.9. The second-order valence-electron chi connectivity index (χ2n) is 12.1. The van der Waals surface area contributed by atoms with E-state index in [-0.39, 0.29) is 11.1 Å². The topological polar surface area (TPSA) is 68.2 Å². The van der Waals surface area contributed by atoms with Crippen LogP contribution < -0.4 is 4.74 Å². The largest absolute Gasteiger partial charge is 0.490 e. The highest BCUT2D eigenvalue weighted by Crippen LogP contribution is 2.47. The van der Waals surface area contributed by atoms with Crippen LogP contribution in [0, 0.1) is 0 Å². The van der Waals surface area contributed by atoms with Crippen molar-refractivity contribution in [2.24, 2.45) is 5.16 Å². The summed E-state index contributed by atoms with van der Waals surface area (Å²) in [5, 5.41) is 5.57. The Kier molecular flexibility index (Phi) is 10.4. The van der Waals surface area contributed by atoms with Gasteiger partial charge in [-0.1, -0.05) is 150 Å². The van der Waals surface area contributed by atoms with E-state index in [0.717, 1.165) is 50.2 Å². The molecule has 5 aromatic carbocycles. The van der Waals surface area contributed by atoms with E-state index in [9.17, 15) is 9.59 Å². The Labute approximate surface area is 306 Å². The first-order chi connectivity index (χ1) is 25.0. The summed E-state index contributed by atoms with van der Waals surface area (Å²) in [4.78, 5) is 36.5. The number of rotatable bonds is 13. The van der Waals surface area contributed by atoms with Crippen molar-refractivity contribution in [1.82, 2.24) is 4.90 Å². The van der Waals surface area contributed by atoms with Crippen LogP contribution in [-0.2, 0) is 21.6 Å². The standard InChI is InChI=1S/C43H36N2O4S2/c1-31(39-29-34(30-50-39)33-14-6-2-7-15-33)44-49-27-26-48-38-24-22-32(23-25-38)28-40-41(46)45(42(47)51-40)43(35-16-8-3-9-17-35,36-18-10-4-11-19-36)37-20-12-5-13-21-37/h2-25,29-30,40H,26-28H2,1H3. The molecular weight excluding hydrogens is 673 g/mol. The van der Waals surface area contributed by atoms with Crippen LogP contribution in [0.4, 0.5) is 4.79 Å². The zero-order valence-corrected chi connectivity index (χ0v) is 29.7. The van der Waals surface area contributed by atoms with Crippen molar-refractivity contribution in [2.75, 3.05) is 13.2 Å². The number of ether oxygens (including phenoxy) is 1. The van der Waals surface area contributed by atoms with Crippen LogP contribution >= 0.6 is 23.1 Å². The molecule has 1 fully saturated rings. The Balaban J connectivity index is 1.00. The van der Waals surface area contributed by atoms with Crippen LogP contribution in [-0.4, -0.2) is 40.2 Å². The van der Waals surface area contributed by atoms with Gasteiger partial charge >= 0.3 is 0 Å². The summed E-state index contributed by atoms with van der Waals surface area (Å²) in [5.41, 5.74) is 5.51. The Morgan fingerprint density at radius 1 is 0.706 bits per heavy atom. The minimum Gasteiger partial charge on any atom is -0.490 e. The fourth-order valence-electron chi connectivity index (χ4n) is 6.44. The van der Waals surface area contributed by atoms with Crippen molar-refractivity contribution in [1.29, 1.82) is 0 Å². The average molecular weight is 709 g/mol. The van der Waals surface area contributed by atoms with Gasteiger partial charge < -0.3 is 9.57 Å². The number of oxime groups is 1. The van der Waals surface area contributed by atoms with Crippen LogP contribution in [0.1, 0.15) is 34.1 Å². The second-order valence-corrected chi connectivity index (χ2v) is 14.2. The third kappa shape index (κ3) is 7.24. The summed E-state index contributed by atoms with van der Waals surface area (Å²) in [6.07, 6.45) is 0.409. The fourth-order valence-corrected chi connectivity index (χ4v) is 8.36. The molecule has 0 radical (unpaired) electrons. The first-order valence-electron chi connectivity index (χ1n) is 16.8. The zero-order valence-electron chi connectivity index (χ0n) is 28.1. The maximum atomic E-state index is 14.4. The van der Waals surface area contributed by atoms with Crippen LogP contribution in [0.25, 0.3) is 11.1 Å². The molecule has 2 amide bonds. The van der Waals surface area contributed by atoms with Crippen molar-refractivity contribution < 1.29 is 19.2 Å². The minimum absolute atomic E-state index is 0.214. The summed E-state index contributed by atoms with van der Waals surface area (Å²) < 4.78 is 5.90. The summed E-state index contributed by atoms with van der Waals surface area (Å²) in [5.74, 6) is 0.474. The summed E-state index contributed by atoms with van der Waals surface area (Å²) in [6.45, 7) is 2.56. The third-order valence-corrected chi connectivity index (χ3v) is 11.0. The average Bonchev–Trinajstić information content (AvgIpc) is 3.79. The number of imide groups is 1. The second kappa shape index (κ2) is 15.6. The molecule has 6 aromatic rings. The van der Waals surface area contributed by atoms with Crippen molar-refractivity contribution in [3.63, 3.8) is 0 Å². The van der Waals surface area contributed by atoms with Gasteiger partial charge in [-0.25, -0.2) is 0 Å². The predicted octanol–water partition coefficient (Wildman–Crippen LogP) is 9.83. The monoisotopic (exact) mass is 708 g/mol. The van der Waals surface area contributed by atoms with Gasteiger partial charge in [0.15, 0.2) is 6.61 Å². The summed E-state index contributed by atoms with van der Waals surface area (Å²) in [6, 6.07) is 49.5. The number of carbonyl (C=O) groups is 2. The van der Waals surface area contributed by atoms with Crippen LogP contribution in [0.3, 0.4) is 0 Å². The molecule has 1 atom stereocenters. The van der Waals surface area contributed by atoms with Crippen molar-refractivity contribution in [2.45, 2.75) is 24.1 Å². The highest BCUT2D eigenvalue weighted by molar-refractivity contribution is 8.15. The molecule has 1 aromatic heterocycles. The van der Waals surface area contributed by atoms with Gasteiger partial charge in [0.05, 0.1) is 15.8 Å². The molecule has 8 heteroatoms. The number of hydrogen-bond acceptors (Lipinski definition) is 7. The van der Waals surface area contributed by atoms with Gasteiger partial charge in [0, 0.05) is 0 Å². The van der Waals surface area contributed by atoms with E-state index >= 15 is 0 Å². The molecule has 1 unspecified atom stereocenters. The summed E-state index contributed by atoms with van der Waals surface area (Å²) >= 11 is 2.73. The van der Waals surface area contributed by atoms with Crippen LogP contribution in [0.15, 0.2) is 162 Å². The number of carbonyl (C=O) groups excluding carboxylic acids is 2. The van der Waals surface area contributed by atoms with Crippen LogP contribution in [0.5, 0.6) is 5.75 Å². The van der Waals surface area contributed by atoms with E-state index in [1.54, 1.807) is 11.3 Å². The molecule has 2 heterocycles. The number of thiophene rings is 1. The lowest BCUT2D eigenvalue weighted by Gasteiger charge is -2.42. The van der Waals surface area contributed by atoms with Gasteiger partial charge in [-0.05, 0) is 70.3 Å². The van der Waals surface area contributed by atoms with Crippen molar-refractivity contribution in [3.05, 3.63) is 184 Å². The molecule has 51 heavy (non-hydrogen) atoms. The lowest BCUT2D eigenvalue weighted by molar-refractivity contribution is -0.129. The maximum absolute atomic E-state index is 14.4. The molecule has 6 nitrogen and oxygen atoms in total. The van der Waals surface area contributed by atoms with E-state index in [0.29, 0.717) is 25.4 Å².